The summed E-state index contributed by atoms with van der Waals surface area (Å²) < 4.78 is 5.53. The van der Waals surface area contributed by atoms with Gasteiger partial charge in [-0.25, -0.2) is 4.98 Å². The molecule has 0 radical (unpaired) electrons. The van der Waals surface area contributed by atoms with Gasteiger partial charge in [-0.2, -0.15) is 0 Å². The Kier molecular flexibility index (Phi) is 5.65. The van der Waals surface area contributed by atoms with Crippen LogP contribution < -0.4 is 5.32 Å². The number of nitrogens with one attached hydrogen (secondary N) is 1. The van der Waals surface area contributed by atoms with Crippen molar-refractivity contribution in [3.63, 3.8) is 0 Å². The third kappa shape index (κ3) is 4.77. The molecular formula is C17H19ClN2O2S. The zero-order chi connectivity index (χ0) is 16.1. The van der Waals surface area contributed by atoms with Crippen molar-refractivity contribution in [2.45, 2.75) is 38.2 Å². The van der Waals surface area contributed by atoms with E-state index in [2.05, 4.69) is 10.3 Å². The first-order valence-corrected chi connectivity index (χ1v) is 9.00. The van der Waals surface area contributed by atoms with Gasteiger partial charge in [-0.15, -0.1) is 11.3 Å². The number of aromatic nitrogens is 1. The minimum atomic E-state index is -0.000793. The maximum absolute atomic E-state index is 12.0. The standard InChI is InChI=1S/C17H19ClN2O2S/c18-15-6-2-1-4-12(15)10-14-11-19-17(23-14)20-16(21)8-7-13-5-3-9-22-13/h1-2,4,6,11,13H,3,5,7-10H2,(H,19,20,21). The molecular weight excluding hydrogens is 332 g/mol. The Morgan fingerprint density at radius 1 is 1.43 bits per heavy atom. The first kappa shape index (κ1) is 16.4. The van der Waals surface area contributed by atoms with Crippen LogP contribution in [0.4, 0.5) is 5.13 Å². The zero-order valence-electron chi connectivity index (χ0n) is 12.8. The third-order valence-electron chi connectivity index (χ3n) is 3.84. The highest BCUT2D eigenvalue weighted by Gasteiger charge is 2.17. The van der Waals surface area contributed by atoms with Gasteiger partial charge in [0.15, 0.2) is 5.13 Å². The highest BCUT2D eigenvalue weighted by atomic mass is 35.5. The molecule has 1 aromatic carbocycles. The molecule has 0 spiro atoms. The molecule has 1 aliphatic heterocycles. The van der Waals surface area contributed by atoms with Gasteiger partial charge in [-0.05, 0) is 30.9 Å². The molecule has 1 fully saturated rings. The van der Waals surface area contributed by atoms with Crippen LogP contribution in [0.5, 0.6) is 0 Å². The summed E-state index contributed by atoms with van der Waals surface area (Å²) in [5.74, 6) is -0.000793. The second-order valence-corrected chi connectivity index (χ2v) is 7.14. The highest BCUT2D eigenvalue weighted by Crippen LogP contribution is 2.25. The minimum Gasteiger partial charge on any atom is -0.378 e. The van der Waals surface area contributed by atoms with Crippen LogP contribution in [0.1, 0.15) is 36.1 Å². The maximum Gasteiger partial charge on any atom is 0.226 e. The van der Waals surface area contributed by atoms with E-state index in [0.717, 1.165) is 47.8 Å². The molecule has 2 aromatic rings. The van der Waals surface area contributed by atoms with Crippen molar-refractivity contribution in [2.75, 3.05) is 11.9 Å². The number of rotatable bonds is 6. The third-order valence-corrected chi connectivity index (χ3v) is 5.12. The van der Waals surface area contributed by atoms with Gasteiger partial charge in [0, 0.05) is 35.5 Å². The van der Waals surface area contributed by atoms with Crippen molar-refractivity contribution < 1.29 is 9.53 Å². The number of nitrogens with zero attached hydrogens (tertiary/aromatic N) is 1. The van der Waals surface area contributed by atoms with Crippen LogP contribution in [0.2, 0.25) is 5.02 Å². The van der Waals surface area contributed by atoms with Crippen LogP contribution in [-0.4, -0.2) is 23.6 Å². The Morgan fingerprint density at radius 2 is 2.30 bits per heavy atom. The van der Waals surface area contributed by atoms with E-state index in [-0.39, 0.29) is 12.0 Å². The van der Waals surface area contributed by atoms with Crippen molar-refractivity contribution in [1.29, 1.82) is 0 Å². The average molecular weight is 351 g/mol. The van der Waals surface area contributed by atoms with E-state index in [1.165, 1.54) is 11.3 Å². The van der Waals surface area contributed by atoms with Crippen LogP contribution in [0.15, 0.2) is 30.5 Å². The normalized spacial score (nSPS) is 17.3. The Balaban J connectivity index is 1.50. The quantitative estimate of drug-likeness (QED) is 0.845. The molecule has 1 saturated heterocycles. The van der Waals surface area contributed by atoms with Gasteiger partial charge in [0.05, 0.1) is 6.10 Å². The molecule has 1 amide bonds. The first-order valence-electron chi connectivity index (χ1n) is 7.80. The number of halogens is 1. The summed E-state index contributed by atoms with van der Waals surface area (Å²) >= 11 is 7.66. The summed E-state index contributed by atoms with van der Waals surface area (Å²) in [5, 5.41) is 4.26. The van der Waals surface area contributed by atoms with Gasteiger partial charge in [0.1, 0.15) is 0 Å². The van der Waals surface area contributed by atoms with Crippen molar-refractivity contribution in [3.8, 4) is 0 Å². The second kappa shape index (κ2) is 7.90. The van der Waals surface area contributed by atoms with Crippen LogP contribution in [0, 0.1) is 0 Å². The van der Waals surface area contributed by atoms with E-state index in [9.17, 15) is 4.79 Å². The fourth-order valence-electron chi connectivity index (χ4n) is 2.62. The van der Waals surface area contributed by atoms with Crippen molar-refractivity contribution in [1.82, 2.24) is 4.98 Å². The molecule has 0 bridgehead atoms. The smallest absolute Gasteiger partial charge is 0.226 e. The van der Waals surface area contributed by atoms with E-state index >= 15 is 0 Å². The van der Waals surface area contributed by atoms with E-state index in [0.29, 0.717) is 11.6 Å². The molecule has 1 atom stereocenters. The molecule has 6 heteroatoms. The lowest BCUT2D eigenvalue weighted by molar-refractivity contribution is -0.116. The van der Waals surface area contributed by atoms with Crippen molar-refractivity contribution >= 4 is 34.0 Å². The first-order chi connectivity index (χ1) is 11.2. The molecule has 1 unspecified atom stereocenters. The number of hydrogen-bond donors (Lipinski definition) is 1. The molecule has 1 N–H and O–H groups in total. The molecule has 2 heterocycles. The van der Waals surface area contributed by atoms with E-state index in [1.807, 2.05) is 24.3 Å². The lowest BCUT2D eigenvalue weighted by Gasteiger charge is -2.08. The predicted molar refractivity (Wildman–Crippen MR) is 93.2 cm³/mol. The Bertz CT molecular complexity index is 668. The average Bonchev–Trinajstić information content (AvgIpc) is 3.19. The number of thiazole rings is 1. The summed E-state index contributed by atoms with van der Waals surface area (Å²) in [7, 11) is 0. The number of benzene rings is 1. The summed E-state index contributed by atoms with van der Waals surface area (Å²) in [5.41, 5.74) is 1.06. The molecule has 1 aliphatic rings. The van der Waals surface area contributed by atoms with Gasteiger partial charge < -0.3 is 10.1 Å². The molecule has 23 heavy (non-hydrogen) atoms. The summed E-state index contributed by atoms with van der Waals surface area (Å²) in [6.45, 7) is 0.824. The lowest BCUT2D eigenvalue weighted by atomic mass is 10.1. The number of carbonyl (C=O) groups is 1. The highest BCUT2D eigenvalue weighted by molar-refractivity contribution is 7.15. The van der Waals surface area contributed by atoms with Gasteiger partial charge in [-0.3, -0.25) is 4.79 Å². The number of anilines is 1. The van der Waals surface area contributed by atoms with Crippen LogP contribution in [0.25, 0.3) is 0 Å². The minimum absolute atomic E-state index is 0.000793. The number of carbonyl (C=O) groups excluding carboxylic acids is 1. The van der Waals surface area contributed by atoms with Gasteiger partial charge in [0.25, 0.3) is 0 Å². The Hall–Kier alpha value is -1.43. The summed E-state index contributed by atoms with van der Waals surface area (Å²) in [6, 6.07) is 7.77. The maximum atomic E-state index is 12.0. The molecule has 122 valence electrons. The van der Waals surface area contributed by atoms with Crippen LogP contribution in [-0.2, 0) is 16.0 Å². The Morgan fingerprint density at radius 3 is 3.09 bits per heavy atom. The van der Waals surface area contributed by atoms with E-state index in [4.69, 9.17) is 16.3 Å². The van der Waals surface area contributed by atoms with Crippen LogP contribution >= 0.6 is 22.9 Å². The molecule has 0 aliphatic carbocycles. The Labute approximate surface area is 144 Å². The van der Waals surface area contributed by atoms with Gasteiger partial charge >= 0.3 is 0 Å². The lowest BCUT2D eigenvalue weighted by Crippen LogP contribution is -2.15. The molecule has 0 saturated carbocycles. The fraction of sp³-hybridized carbons (Fsp3) is 0.412. The fourth-order valence-corrected chi connectivity index (χ4v) is 3.68. The summed E-state index contributed by atoms with van der Waals surface area (Å²) in [6.07, 6.45) is 6.19. The number of hydrogen-bond acceptors (Lipinski definition) is 4. The number of amides is 1. The molecule has 4 nitrogen and oxygen atoms in total. The van der Waals surface area contributed by atoms with Gasteiger partial charge in [-0.1, -0.05) is 29.8 Å². The van der Waals surface area contributed by atoms with Crippen LogP contribution in [0.3, 0.4) is 0 Å². The number of ether oxygens (including phenoxy) is 1. The van der Waals surface area contributed by atoms with E-state index in [1.54, 1.807) is 6.20 Å². The predicted octanol–water partition coefficient (Wildman–Crippen LogP) is 4.29. The van der Waals surface area contributed by atoms with Crippen molar-refractivity contribution in [2.24, 2.45) is 0 Å². The zero-order valence-corrected chi connectivity index (χ0v) is 14.3. The SMILES string of the molecule is O=C(CCC1CCCO1)Nc1ncc(Cc2ccccc2Cl)s1. The van der Waals surface area contributed by atoms with Gasteiger partial charge in [0.2, 0.25) is 5.91 Å². The molecule has 1 aromatic heterocycles. The topological polar surface area (TPSA) is 51.2 Å². The second-order valence-electron chi connectivity index (χ2n) is 5.62. The monoisotopic (exact) mass is 350 g/mol. The molecule has 3 rings (SSSR count). The van der Waals surface area contributed by atoms with E-state index < -0.39 is 0 Å². The summed E-state index contributed by atoms with van der Waals surface area (Å²) in [4.78, 5) is 17.3. The largest absolute Gasteiger partial charge is 0.378 e. The van der Waals surface area contributed by atoms with Crippen molar-refractivity contribution in [3.05, 3.63) is 45.9 Å².